The molecule has 0 fully saturated rings. The molecule has 0 amide bonds. The van der Waals surface area contributed by atoms with Crippen molar-refractivity contribution in [1.82, 2.24) is 0 Å². The van der Waals surface area contributed by atoms with E-state index in [0.29, 0.717) is 0 Å². The second kappa shape index (κ2) is 1.62. The fourth-order valence-electron chi connectivity index (χ4n) is 0.869. The molecule has 1 heteroatoms. The zero-order valence-electron chi connectivity index (χ0n) is 4.79. The average Bonchev–Trinajstić information content (AvgIpc) is 2.33. The largest absolute Gasteiger partial charge is 0.453 e. The van der Waals surface area contributed by atoms with Crippen LogP contribution >= 0.6 is 0 Å². The van der Waals surface area contributed by atoms with Crippen molar-refractivity contribution in [1.29, 1.82) is 0 Å². The van der Waals surface area contributed by atoms with Gasteiger partial charge in [-0.05, 0) is 18.2 Å². The van der Waals surface area contributed by atoms with Crippen LogP contribution in [0.5, 0.6) is 0 Å². The summed E-state index contributed by atoms with van der Waals surface area (Å²) in [4.78, 5) is 0. The first-order valence-electron chi connectivity index (χ1n) is 2.81. The third-order valence-electron chi connectivity index (χ3n) is 1.31. The predicted octanol–water partition coefficient (Wildman–Crippen LogP) is 2.18. The summed E-state index contributed by atoms with van der Waals surface area (Å²) in [7, 11) is 0. The summed E-state index contributed by atoms with van der Waals surface area (Å²) < 4.78 is 5.03. The van der Waals surface area contributed by atoms with Crippen LogP contribution in [0.3, 0.4) is 0 Å². The van der Waals surface area contributed by atoms with Gasteiger partial charge < -0.3 is 4.42 Å². The molecule has 0 unspecified atom stereocenters. The van der Waals surface area contributed by atoms with E-state index in [1.165, 1.54) is 0 Å². The monoisotopic (exact) mass is 117 g/mol. The fraction of sp³-hybridized carbons (Fsp3) is 0. The summed E-state index contributed by atoms with van der Waals surface area (Å²) >= 11 is 0. The molecule has 1 heterocycles. The van der Waals surface area contributed by atoms with Gasteiger partial charge in [-0.15, -0.1) is 0 Å². The topological polar surface area (TPSA) is 13.1 Å². The quantitative estimate of drug-likeness (QED) is 0.515. The molecule has 43 valence electrons. The Morgan fingerprint density at radius 3 is 3.11 bits per heavy atom. The molecule has 0 aromatic heterocycles. The van der Waals surface area contributed by atoms with Gasteiger partial charge in [0.15, 0.2) is 6.26 Å². The molecule has 2 aliphatic rings. The van der Waals surface area contributed by atoms with Crippen molar-refractivity contribution < 1.29 is 4.42 Å². The van der Waals surface area contributed by atoms with Crippen molar-refractivity contribution in [3.8, 4) is 11.3 Å². The SMILES string of the molecule is [c]1ccc2cccc-2o1. The molecule has 0 N–H and O–H groups in total. The van der Waals surface area contributed by atoms with Gasteiger partial charge in [-0.2, -0.15) is 0 Å². The molecular formula is C8H5O. The van der Waals surface area contributed by atoms with Crippen LogP contribution in [-0.4, -0.2) is 0 Å². The molecule has 0 saturated carbocycles. The molecule has 0 spiro atoms. The van der Waals surface area contributed by atoms with Crippen LogP contribution in [0.15, 0.2) is 34.7 Å². The van der Waals surface area contributed by atoms with Crippen LogP contribution in [0.1, 0.15) is 0 Å². The standard InChI is InChI=1S/C8H5O/c1-3-7-4-2-6-9-8(7)5-1/h1-5H. The summed E-state index contributed by atoms with van der Waals surface area (Å²) in [5, 5.41) is 0. The number of rotatable bonds is 0. The molecule has 0 atom stereocenters. The van der Waals surface area contributed by atoms with Crippen molar-refractivity contribution in [3.05, 3.63) is 36.6 Å². The number of hydrogen-bond donors (Lipinski definition) is 0. The van der Waals surface area contributed by atoms with Crippen LogP contribution in [0.25, 0.3) is 11.3 Å². The lowest BCUT2D eigenvalue weighted by Gasteiger charge is -1.91. The van der Waals surface area contributed by atoms with E-state index in [-0.39, 0.29) is 0 Å². The molecule has 0 aromatic carbocycles. The van der Waals surface area contributed by atoms with Crippen LogP contribution in [0, 0.1) is 6.26 Å². The van der Waals surface area contributed by atoms with E-state index in [1.807, 2.05) is 24.3 Å². The Labute approximate surface area is 53.3 Å². The first-order valence-corrected chi connectivity index (χ1v) is 2.81. The summed E-state index contributed by atoms with van der Waals surface area (Å²) in [6.07, 6.45) is 2.65. The van der Waals surface area contributed by atoms with Gasteiger partial charge in [-0.1, -0.05) is 12.1 Å². The minimum Gasteiger partial charge on any atom is -0.453 e. The number of fused-ring (bicyclic) bond motifs is 1. The lowest BCUT2D eigenvalue weighted by molar-refractivity contribution is 0.557. The Morgan fingerprint density at radius 2 is 2.22 bits per heavy atom. The summed E-state index contributed by atoms with van der Waals surface area (Å²) in [5.41, 5.74) is 1.13. The molecule has 1 aliphatic carbocycles. The first-order chi connectivity index (χ1) is 4.47. The molecule has 0 bridgehead atoms. The molecular weight excluding hydrogens is 112 g/mol. The van der Waals surface area contributed by atoms with Crippen LogP contribution < -0.4 is 0 Å². The zero-order valence-corrected chi connectivity index (χ0v) is 4.79. The van der Waals surface area contributed by atoms with Gasteiger partial charge in [-0.3, -0.25) is 0 Å². The maximum Gasteiger partial charge on any atom is 0.169 e. The van der Waals surface area contributed by atoms with E-state index < -0.39 is 0 Å². The second-order valence-electron chi connectivity index (χ2n) is 1.90. The molecule has 9 heavy (non-hydrogen) atoms. The molecule has 1 nitrogen and oxygen atoms in total. The minimum absolute atomic E-state index is 0.900. The summed E-state index contributed by atoms with van der Waals surface area (Å²) in [6, 6.07) is 9.63. The Balaban J connectivity index is 2.79. The van der Waals surface area contributed by atoms with Crippen molar-refractivity contribution >= 4 is 0 Å². The van der Waals surface area contributed by atoms with Gasteiger partial charge in [0.25, 0.3) is 0 Å². The predicted molar refractivity (Wildman–Crippen MR) is 34.2 cm³/mol. The average molecular weight is 117 g/mol. The highest BCUT2D eigenvalue weighted by Crippen LogP contribution is 2.20. The van der Waals surface area contributed by atoms with Crippen LogP contribution in [0.2, 0.25) is 0 Å². The fourth-order valence-corrected chi connectivity index (χ4v) is 0.869. The summed E-state index contributed by atoms with van der Waals surface area (Å²) in [6.45, 7) is 0. The van der Waals surface area contributed by atoms with Crippen molar-refractivity contribution in [3.63, 3.8) is 0 Å². The molecule has 1 radical (unpaired) electrons. The number of hydrogen-bond acceptors (Lipinski definition) is 1. The highest BCUT2D eigenvalue weighted by Gasteiger charge is 1.99. The summed E-state index contributed by atoms with van der Waals surface area (Å²) in [5.74, 6) is 0.900. The van der Waals surface area contributed by atoms with Crippen molar-refractivity contribution in [2.45, 2.75) is 0 Å². The lowest BCUT2D eigenvalue weighted by Crippen LogP contribution is -1.67. The van der Waals surface area contributed by atoms with Gasteiger partial charge in [0.1, 0.15) is 5.76 Å². The Morgan fingerprint density at radius 1 is 1.22 bits per heavy atom. The van der Waals surface area contributed by atoms with E-state index in [9.17, 15) is 0 Å². The molecule has 0 saturated heterocycles. The second-order valence-corrected chi connectivity index (χ2v) is 1.90. The Hall–Kier alpha value is -1.24. The Kier molecular flexibility index (Phi) is 0.833. The van der Waals surface area contributed by atoms with E-state index in [2.05, 4.69) is 6.26 Å². The van der Waals surface area contributed by atoms with Crippen molar-refractivity contribution in [2.24, 2.45) is 0 Å². The van der Waals surface area contributed by atoms with Crippen LogP contribution in [0.4, 0.5) is 0 Å². The van der Waals surface area contributed by atoms with Gasteiger partial charge in [0.2, 0.25) is 0 Å². The van der Waals surface area contributed by atoms with Gasteiger partial charge in [-0.25, -0.2) is 0 Å². The highest BCUT2D eigenvalue weighted by molar-refractivity contribution is 5.59. The van der Waals surface area contributed by atoms with E-state index in [0.717, 1.165) is 11.3 Å². The Bertz CT molecular complexity index is 245. The van der Waals surface area contributed by atoms with Crippen LogP contribution in [-0.2, 0) is 0 Å². The highest BCUT2D eigenvalue weighted by atomic mass is 16.3. The van der Waals surface area contributed by atoms with Gasteiger partial charge >= 0.3 is 0 Å². The normalized spacial score (nSPS) is 10.2. The zero-order chi connectivity index (χ0) is 6.10. The lowest BCUT2D eigenvalue weighted by atomic mass is 10.3. The minimum atomic E-state index is 0.900. The third-order valence-corrected chi connectivity index (χ3v) is 1.31. The third kappa shape index (κ3) is 0.617. The maximum absolute atomic E-state index is 5.03. The first kappa shape index (κ1) is 4.62. The molecule has 2 rings (SSSR count). The maximum atomic E-state index is 5.03. The van der Waals surface area contributed by atoms with E-state index in [1.54, 1.807) is 6.07 Å². The van der Waals surface area contributed by atoms with E-state index in [4.69, 9.17) is 4.42 Å². The molecule has 0 aromatic rings. The van der Waals surface area contributed by atoms with Gasteiger partial charge in [0.05, 0.1) is 0 Å². The van der Waals surface area contributed by atoms with Gasteiger partial charge in [0, 0.05) is 5.56 Å². The van der Waals surface area contributed by atoms with E-state index >= 15 is 0 Å². The smallest absolute Gasteiger partial charge is 0.169 e. The molecule has 1 aliphatic heterocycles. The van der Waals surface area contributed by atoms with Crippen molar-refractivity contribution in [2.75, 3.05) is 0 Å².